The number of rotatable bonds is 3. The van der Waals surface area contributed by atoms with Crippen LogP contribution in [-0.2, 0) is 0 Å². The lowest BCUT2D eigenvalue weighted by molar-refractivity contribution is 0.0751. The highest BCUT2D eigenvalue weighted by Crippen LogP contribution is 2.28. The van der Waals surface area contributed by atoms with Crippen LogP contribution in [0.3, 0.4) is 0 Å². The van der Waals surface area contributed by atoms with Crippen molar-refractivity contribution in [1.82, 2.24) is 14.9 Å². The zero-order valence-electron chi connectivity index (χ0n) is 16.3. The van der Waals surface area contributed by atoms with Gasteiger partial charge in [0.2, 0.25) is 0 Å². The van der Waals surface area contributed by atoms with Crippen molar-refractivity contribution in [1.29, 1.82) is 0 Å². The molecule has 7 heteroatoms. The van der Waals surface area contributed by atoms with Gasteiger partial charge in [0.15, 0.2) is 0 Å². The van der Waals surface area contributed by atoms with Gasteiger partial charge < -0.3 is 9.80 Å². The highest BCUT2D eigenvalue weighted by Gasteiger charge is 2.24. The van der Waals surface area contributed by atoms with E-state index in [0.717, 1.165) is 40.5 Å². The summed E-state index contributed by atoms with van der Waals surface area (Å²) in [6.45, 7) is 8.92. The van der Waals surface area contributed by atoms with Crippen LogP contribution in [0, 0.1) is 12.7 Å². The van der Waals surface area contributed by atoms with Crippen LogP contribution in [0.2, 0.25) is 0 Å². The van der Waals surface area contributed by atoms with Gasteiger partial charge in [-0.2, -0.15) is 0 Å². The summed E-state index contributed by atoms with van der Waals surface area (Å²) in [6.07, 6.45) is 0. The van der Waals surface area contributed by atoms with Crippen LogP contribution in [0.1, 0.15) is 41.0 Å². The number of thiophene rings is 1. The van der Waals surface area contributed by atoms with Crippen molar-refractivity contribution in [3.05, 3.63) is 52.5 Å². The van der Waals surface area contributed by atoms with Crippen LogP contribution in [0.15, 0.2) is 30.3 Å². The van der Waals surface area contributed by atoms with E-state index in [1.54, 1.807) is 12.1 Å². The molecular formula is C21H23FN4OS. The number of benzene rings is 1. The Bertz CT molecular complexity index is 1020. The summed E-state index contributed by atoms with van der Waals surface area (Å²) in [5.41, 5.74) is 0.963. The van der Waals surface area contributed by atoms with Crippen molar-refractivity contribution in [3.63, 3.8) is 0 Å². The second-order valence-corrected chi connectivity index (χ2v) is 8.54. The monoisotopic (exact) mass is 398 g/mol. The largest absolute Gasteiger partial charge is 0.353 e. The van der Waals surface area contributed by atoms with Crippen LogP contribution in [0.4, 0.5) is 10.2 Å². The van der Waals surface area contributed by atoms with Crippen molar-refractivity contribution in [2.24, 2.45) is 0 Å². The van der Waals surface area contributed by atoms with Gasteiger partial charge in [0.05, 0.1) is 4.88 Å². The van der Waals surface area contributed by atoms with E-state index in [4.69, 9.17) is 4.98 Å². The average molecular weight is 399 g/mol. The SMILES string of the molecule is Cc1cc(N2CCN(C(=O)c3cc4cc(F)ccc4s3)CC2)nc(C(C)C)n1. The topological polar surface area (TPSA) is 49.3 Å². The van der Waals surface area contributed by atoms with Crippen molar-refractivity contribution >= 4 is 33.1 Å². The Morgan fingerprint density at radius 2 is 1.86 bits per heavy atom. The molecular weight excluding hydrogens is 375 g/mol. The van der Waals surface area contributed by atoms with Crippen LogP contribution in [0.25, 0.3) is 10.1 Å². The van der Waals surface area contributed by atoms with Gasteiger partial charge in [-0.05, 0) is 36.6 Å². The quantitative estimate of drug-likeness (QED) is 0.663. The molecule has 1 aliphatic heterocycles. The molecule has 2 aromatic heterocycles. The van der Waals surface area contributed by atoms with Crippen LogP contribution < -0.4 is 4.90 Å². The normalized spacial score (nSPS) is 14.9. The van der Waals surface area contributed by atoms with Gasteiger partial charge >= 0.3 is 0 Å². The molecule has 1 aromatic carbocycles. The van der Waals surface area contributed by atoms with E-state index in [-0.39, 0.29) is 17.6 Å². The molecule has 0 atom stereocenters. The number of hydrogen-bond donors (Lipinski definition) is 0. The number of amides is 1. The van der Waals surface area contributed by atoms with E-state index in [0.29, 0.717) is 18.0 Å². The maximum atomic E-state index is 13.4. The maximum Gasteiger partial charge on any atom is 0.264 e. The summed E-state index contributed by atoms with van der Waals surface area (Å²) >= 11 is 1.42. The second kappa shape index (κ2) is 7.47. The Balaban J connectivity index is 1.47. The molecule has 0 spiro atoms. The van der Waals surface area contributed by atoms with Crippen LogP contribution >= 0.6 is 11.3 Å². The molecule has 3 aromatic rings. The Morgan fingerprint density at radius 3 is 2.57 bits per heavy atom. The summed E-state index contributed by atoms with van der Waals surface area (Å²) in [4.78, 5) is 26.8. The van der Waals surface area contributed by atoms with Crippen LogP contribution in [0.5, 0.6) is 0 Å². The third kappa shape index (κ3) is 3.71. The molecule has 1 fully saturated rings. The van der Waals surface area contributed by atoms with Gasteiger partial charge in [-0.1, -0.05) is 13.8 Å². The molecule has 0 unspecified atom stereocenters. The molecule has 0 aliphatic carbocycles. The fraction of sp³-hybridized carbons (Fsp3) is 0.381. The summed E-state index contributed by atoms with van der Waals surface area (Å²) in [7, 11) is 0. The first-order valence-corrected chi connectivity index (χ1v) is 10.3. The molecule has 1 saturated heterocycles. The molecule has 0 bridgehead atoms. The number of hydrogen-bond acceptors (Lipinski definition) is 5. The maximum absolute atomic E-state index is 13.4. The minimum absolute atomic E-state index is 0.0167. The standard InChI is InChI=1S/C21H23FN4OS/c1-13(2)20-23-14(3)10-19(24-20)25-6-8-26(9-7-25)21(27)18-12-15-11-16(22)4-5-17(15)28-18/h4-5,10-13H,6-9H2,1-3H3. The van der Waals surface area contributed by atoms with Gasteiger partial charge in [0.25, 0.3) is 5.91 Å². The lowest BCUT2D eigenvalue weighted by atomic mass is 10.2. The lowest BCUT2D eigenvalue weighted by Crippen LogP contribution is -2.49. The highest BCUT2D eigenvalue weighted by atomic mass is 32.1. The van der Waals surface area contributed by atoms with Crippen molar-refractivity contribution in [2.75, 3.05) is 31.1 Å². The molecule has 28 heavy (non-hydrogen) atoms. The fourth-order valence-corrected chi connectivity index (χ4v) is 4.42. The Hall–Kier alpha value is -2.54. The predicted octanol–water partition coefficient (Wildman–Crippen LogP) is 4.22. The Kier molecular flexibility index (Phi) is 5.02. The molecule has 5 nitrogen and oxygen atoms in total. The summed E-state index contributed by atoms with van der Waals surface area (Å²) < 4.78 is 14.3. The second-order valence-electron chi connectivity index (χ2n) is 7.45. The molecule has 0 radical (unpaired) electrons. The molecule has 3 heterocycles. The number of carbonyl (C=O) groups excluding carboxylic acids is 1. The molecule has 146 valence electrons. The number of piperazine rings is 1. The zero-order valence-corrected chi connectivity index (χ0v) is 17.1. The number of carbonyl (C=O) groups is 1. The number of anilines is 1. The third-order valence-electron chi connectivity index (χ3n) is 4.95. The van der Waals surface area contributed by atoms with E-state index >= 15 is 0 Å². The summed E-state index contributed by atoms with van der Waals surface area (Å²) in [6, 6.07) is 8.43. The van der Waals surface area contributed by atoms with Crippen molar-refractivity contribution < 1.29 is 9.18 Å². The minimum atomic E-state index is -0.279. The Labute approximate surface area is 167 Å². The number of fused-ring (bicyclic) bond motifs is 1. The first kappa shape index (κ1) is 18.8. The first-order chi connectivity index (χ1) is 13.4. The number of nitrogens with zero attached hydrogens (tertiary/aromatic N) is 4. The molecule has 0 N–H and O–H groups in total. The van der Waals surface area contributed by atoms with Crippen molar-refractivity contribution in [3.8, 4) is 0 Å². The molecule has 1 amide bonds. The lowest BCUT2D eigenvalue weighted by Gasteiger charge is -2.35. The molecule has 4 rings (SSSR count). The number of aryl methyl sites for hydroxylation is 1. The highest BCUT2D eigenvalue weighted by molar-refractivity contribution is 7.20. The smallest absolute Gasteiger partial charge is 0.264 e. The third-order valence-corrected chi connectivity index (χ3v) is 6.06. The predicted molar refractivity (Wildman–Crippen MR) is 111 cm³/mol. The number of aromatic nitrogens is 2. The van der Waals surface area contributed by atoms with Gasteiger partial charge in [-0.25, -0.2) is 14.4 Å². The first-order valence-electron chi connectivity index (χ1n) is 9.49. The van der Waals surface area contributed by atoms with E-state index in [1.807, 2.05) is 17.9 Å². The minimum Gasteiger partial charge on any atom is -0.353 e. The van der Waals surface area contributed by atoms with Gasteiger partial charge in [-0.15, -0.1) is 11.3 Å². The van der Waals surface area contributed by atoms with E-state index in [1.165, 1.54) is 23.5 Å². The molecule has 0 saturated carbocycles. The van der Waals surface area contributed by atoms with Crippen LogP contribution in [-0.4, -0.2) is 47.0 Å². The van der Waals surface area contributed by atoms with Gasteiger partial charge in [0.1, 0.15) is 17.5 Å². The van der Waals surface area contributed by atoms with Gasteiger partial charge in [0, 0.05) is 48.6 Å². The zero-order chi connectivity index (χ0) is 19.8. The van der Waals surface area contributed by atoms with Crippen molar-refractivity contribution in [2.45, 2.75) is 26.7 Å². The van der Waals surface area contributed by atoms with Gasteiger partial charge in [-0.3, -0.25) is 4.79 Å². The summed E-state index contributed by atoms with van der Waals surface area (Å²) in [5.74, 6) is 1.80. The fourth-order valence-electron chi connectivity index (χ4n) is 3.41. The molecule has 1 aliphatic rings. The van der Waals surface area contributed by atoms with E-state index < -0.39 is 0 Å². The average Bonchev–Trinajstić information content (AvgIpc) is 3.10. The van der Waals surface area contributed by atoms with E-state index in [2.05, 4.69) is 23.7 Å². The van der Waals surface area contributed by atoms with E-state index in [9.17, 15) is 9.18 Å². The Morgan fingerprint density at radius 1 is 1.11 bits per heavy atom. The number of halogens is 1. The summed E-state index contributed by atoms with van der Waals surface area (Å²) in [5, 5.41) is 0.782.